The van der Waals surface area contributed by atoms with Gasteiger partial charge in [0.25, 0.3) is 5.82 Å². The number of thiazole rings is 1. The first kappa shape index (κ1) is 11.9. The summed E-state index contributed by atoms with van der Waals surface area (Å²) in [5.74, 6) is 0.0842. The summed E-state index contributed by atoms with van der Waals surface area (Å²) in [7, 11) is 0. The summed E-state index contributed by atoms with van der Waals surface area (Å²) in [4.78, 5) is 11.5. The molecule has 1 saturated carbocycles. The third-order valence-electron chi connectivity index (χ3n) is 3.87. The summed E-state index contributed by atoms with van der Waals surface area (Å²) in [6, 6.07) is 2.31. The van der Waals surface area contributed by atoms with Gasteiger partial charge in [0.15, 0.2) is 9.96 Å². The molecule has 1 aliphatic carbocycles. The van der Waals surface area contributed by atoms with Crippen LogP contribution in [0.4, 0.5) is 5.13 Å². The van der Waals surface area contributed by atoms with E-state index in [4.69, 9.17) is 10.00 Å². The number of hydrogen-bond donors (Lipinski definition) is 0. The van der Waals surface area contributed by atoms with Gasteiger partial charge in [-0.15, -0.1) is 10.2 Å². The molecule has 1 saturated heterocycles. The standard InChI is InChI=1S/C12H12N6OS/c13-5-9-14-11-10(17-16-9)15-12(20-11)18-6-19-8-4-2-1-3-7(8)18/h7-8H,1-4,6H2/t7-,8-/m1/s1. The predicted molar refractivity (Wildman–Crippen MR) is 72.2 cm³/mol. The van der Waals surface area contributed by atoms with Gasteiger partial charge in [0, 0.05) is 0 Å². The van der Waals surface area contributed by atoms with Gasteiger partial charge in [-0.3, -0.25) is 0 Å². The minimum absolute atomic E-state index is 0.0842. The van der Waals surface area contributed by atoms with Crippen LogP contribution in [0.2, 0.25) is 0 Å². The molecule has 1 aliphatic heterocycles. The maximum Gasteiger partial charge on any atom is 0.254 e. The van der Waals surface area contributed by atoms with Gasteiger partial charge in [0.1, 0.15) is 12.8 Å². The predicted octanol–water partition coefficient (Wildman–Crippen LogP) is 1.46. The first-order valence-corrected chi connectivity index (χ1v) is 7.46. The van der Waals surface area contributed by atoms with E-state index in [9.17, 15) is 0 Å². The number of fused-ring (bicyclic) bond motifs is 2. The van der Waals surface area contributed by atoms with Gasteiger partial charge >= 0.3 is 0 Å². The molecule has 0 radical (unpaired) electrons. The Morgan fingerprint density at radius 3 is 3.05 bits per heavy atom. The molecule has 8 heteroatoms. The molecule has 3 heterocycles. The van der Waals surface area contributed by atoms with Crippen molar-refractivity contribution in [3.05, 3.63) is 5.82 Å². The Morgan fingerprint density at radius 2 is 2.15 bits per heavy atom. The molecule has 0 spiro atoms. The fourth-order valence-corrected chi connectivity index (χ4v) is 3.83. The van der Waals surface area contributed by atoms with Crippen LogP contribution in [-0.4, -0.2) is 39.0 Å². The highest BCUT2D eigenvalue weighted by molar-refractivity contribution is 7.21. The fraction of sp³-hybridized carbons (Fsp3) is 0.583. The van der Waals surface area contributed by atoms with Gasteiger partial charge in [0.2, 0.25) is 5.65 Å². The molecule has 0 aromatic carbocycles. The maximum atomic E-state index is 8.81. The lowest BCUT2D eigenvalue weighted by Crippen LogP contribution is -2.37. The van der Waals surface area contributed by atoms with E-state index >= 15 is 0 Å². The lowest BCUT2D eigenvalue weighted by atomic mass is 9.93. The Bertz CT molecular complexity index is 695. The maximum absolute atomic E-state index is 8.81. The van der Waals surface area contributed by atoms with Crippen molar-refractivity contribution in [2.45, 2.75) is 37.8 Å². The molecule has 0 unspecified atom stereocenters. The first-order chi connectivity index (χ1) is 9.85. The molecule has 0 N–H and O–H groups in total. The minimum Gasteiger partial charge on any atom is -0.356 e. The van der Waals surface area contributed by atoms with E-state index in [-0.39, 0.29) is 5.82 Å². The molecule has 2 aliphatic rings. The van der Waals surface area contributed by atoms with Gasteiger partial charge in [-0.1, -0.05) is 24.2 Å². The van der Waals surface area contributed by atoms with Crippen molar-refractivity contribution in [1.82, 2.24) is 20.2 Å². The lowest BCUT2D eigenvalue weighted by molar-refractivity contribution is 0.0828. The van der Waals surface area contributed by atoms with Crippen molar-refractivity contribution in [1.29, 1.82) is 5.26 Å². The van der Waals surface area contributed by atoms with Crippen LogP contribution in [0.1, 0.15) is 31.5 Å². The average molecular weight is 288 g/mol. The van der Waals surface area contributed by atoms with Crippen molar-refractivity contribution < 1.29 is 4.74 Å². The molecule has 2 aromatic heterocycles. The second kappa shape index (κ2) is 4.61. The summed E-state index contributed by atoms with van der Waals surface area (Å²) in [5.41, 5.74) is 0.503. The Labute approximate surface area is 119 Å². The van der Waals surface area contributed by atoms with Crippen LogP contribution < -0.4 is 4.90 Å². The van der Waals surface area contributed by atoms with E-state index in [1.807, 2.05) is 6.07 Å². The van der Waals surface area contributed by atoms with E-state index in [1.165, 1.54) is 24.2 Å². The highest BCUT2D eigenvalue weighted by atomic mass is 32.1. The zero-order chi connectivity index (χ0) is 13.5. The van der Waals surface area contributed by atoms with Crippen LogP contribution in [-0.2, 0) is 4.74 Å². The van der Waals surface area contributed by atoms with Gasteiger partial charge in [0.05, 0.1) is 12.1 Å². The van der Waals surface area contributed by atoms with E-state index in [0.717, 1.165) is 18.0 Å². The van der Waals surface area contributed by atoms with Crippen molar-refractivity contribution in [2.75, 3.05) is 11.6 Å². The lowest BCUT2D eigenvalue weighted by Gasteiger charge is -2.28. The Hall–Kier alpha value is -1.85. The number of hydrogen-bond acceptors (Lipinski definition) is 8. The highest BCUT2D eigenvalue weighted by Gasteiger charge is 2.38. The number of ether oxygens (including phenoxy) is 1. The third-order valence-corrected chi connectivity index (χ3v) is 4.84. The molecule has 2 fully saturated rings. The zero-order valence-electron chi connectivity index (χ0n) is 10.7. The molecule has 2 atom stereocenters. The molecule has 7 nitrogen and oxygen atoms in total. The second-order valence-corrected chi connectivity index (χ2v) is 5.98. The molecular formula is C12H12N6OS. The molecule has 2 aromatic rings. The van der Waals surface area contributed by atoms with E-state index in [0.29, 0.717) is 29.4 Å². The number of nitriles is 1. The Balaban J connectivity index is 1.70. The Kier molecular flexibility index (Phi) is 2.75. The van der Waals surface area contributed by atoms with Crippen LogP contribution in [0.5, 0.6) is 0 Å². The average Bonchev–Trinajstić information content (AvgIpc) is 3.09. The molecule has 20 heavy (non-hydrogen) atoms. The first-order valence-electron chi connectivity index (χ1n) is 6.65. The quantitative estimate of drug-likeness (QED) is 0.784. The summed E-state index contributed by atoms with van der Waals surface area (Å²) < 4.78 is 5.85. The molecule has 0 amide bonds. The van der Waals surface area contributed by atoms with Crippen LogP contribution >= 0.6 is 11.3 Å². The summed E-state index contributed by atoms with van der Waals surface area (Å²) >= 11 is 1.45. The summed E-state index contributed by atoms with van der Waals surface area (Å²) in [5, 5.41) is 17.3. The van der Waals surface area contributed by atoms with E-state index in [2.05, 4.69) is 25.1 Å². The molecule has 4 rings (SSSR count). The zero-order valence-corrected chi connectivity index (χ0v) is 11.5. The van der Waals surface area contributed by atoms with Crippen LogP contribution in [0.15, 0.2) is 0 Å². The summed E-state index contributed by atoms with van der Waals surface area (Å²) in [6.07, 6.45) is 5.08. The minimum atomic E-state index is 0.0842. The topological polar surface area (TPSA) is 87.8 Å². The largest absolute Gasteiger partial charge is 0.356 e. The van der Waals surface area contributed by atoms with Crippen LogP contribution in [0, 0.1) is 11.3 Å². The van der Waals surface area contributed by atoms with Gasteiger partial charge in [-0.25, -0.2) is 4.98 Å². The molecule has 102 valence electrons. The van der Waals surface area contributed by atoms with Gasteiger partial charge < -0.3 is 9.64 Å². The third kappa shape index (κ3) is 1.82. The normalized spacial score (nSPS) is 25.6. The summed E-state index contributed by atoms with van der Waals surface area (Å²) in [6.45, 7) is 0.577. The molecular weight excluding hydrogens is 276 g/mol. The van der Waals surface area contributed by atoms with Gasteiger partial charge in [-0.2, -0.15) is 10.2 Å². The number of nitrogens with zero attached hydrogens (tertiary/aromatic N) is 6. The highest BCUT2D eigenvalue weighted by Crippen LogP contribution is 2.36. The Morgan fingerprint density at radius 1 is 1.25 bits per heavy atom. The fourth-order valence-electron chi connectivity index (χ4n) is 2.91. The number of anilines is 1. The number of rotatable bonds is 1. The second-order valence-electron chi connectivity index (χ2n) is 5.03. The van der Waals surface area contributed by atoms with Crippen molar-refractivity contribution in [2.24, 2.45) is 0 Å². The van der Waals surface area contributed by atoms with Crippen LogP contribution in [0.3, 0.4) is 0 Å². The van der Waals surface area contributed by atoms with E-state index < -0.39 is 0 Å². The molecule has 0 bridgehead atoms. The van der Waals surface area contributed by atoms with Crippen LogP contribution in [0.25, 0.3) is 10.5 Å². The smallest absolute Gasteiger partial charge is 0.254 e. The number of aromatic nitrogens is 4. The SMILES string of the molecule is N#Cc1nnc2nc(N3CO[C@@H]4CCCC[C@H]43)sc2n1. The monoisotopic (exact) mass is 288 g/mol. The van der Waals surface area contributed by atoms with Crippen molar-refractivity contribution >= 4 is 26.9 Å². The van der Waals surface area contributed by atoms with Crippen molar-refractivity contribution in [3.8, 4) is 6.07 Å². The van der Waals surface area contributed by atoms with E-state index in [1.54, 1.807) is 0 Å². The van der Waals surface area contributed by atoms with Crippen molar-refractivity contribution in [3.63, 3.8) is 0 Å². The van der Waals surface area contributed by atoms with Gasteiger partial charge in [-0.05, 0) is 12.8 Å².